The molecule has 0 aromatic heterocycles. The summed E-state index contributed by atoms with van der Waals surface area (Å²) in [6, 6.07) is 0. The summed E-state index contributed by atoms with van der Waals surface area (Å²) < 4.78 is 0. The van der Waals surface area contributed by atoms with E-state index in [4.69, 9.17) is 0 Å². The maximum Gasteiger partial charge on any atom is 0.0488 e. The van der Waals surface area contributed by atoms with Crippen molar-refractivity contribution in [1.82, 2.24) is 4.90 Å². The number of allylic oxidation sites excluding steroid dienone is 5. The van der Waals surface area contributed by atoms with Gasteiger partial charge in [0, 0.05) is 18.0 Å². The van der Waals surface area contributed by atoms with E-state index < -0.39 is 0 Å². The Hall–Kier alpha value is -1.24. The second-order valence-corrected chi connectivity index (χ2v) is 5.55. The second-order valence-electron chi connectivity index (χ2n) is 5.55. The molecule has 1 nitrogen and oxygen atoms in total. The Balaban J connectivity index is 2.75. The van der Waals surface area contributed by atoms with Crippen LogP contribution in [0.4, 0.5) is 0 Å². The summed E-state index contributed by atoms with van der Waals surface area (Å²) in [6.07, 6.45) is 15.1. The van der Waals surface area contributed by atoms with Crippen LogP contribution in [0.5, 0.6) is 0 Å². The molecule has 0 bridgehead atoms. The molecule has 1 aliphatic carbocycles. The number of nitrogens with zero attached hydrogens (tertiary/aromatic N) is 1. The van der Waals surface area contributed by atoms with E-state index in [1.807, 2.05) is 13.0 Å². The lowest BCUT2D eigenvalue weighted by molar-refractivity contribution is 0.254. The first-order valence-electron chi connectivity index (χ1n) is 6.80. The topological polar surface area (TPSA) is 3.24 Å². The zero-order valence-electron chi connectivity index (χ0n) is 12.5. The summed E-state index contributed by atoms with van der Waals surface area (Å²) >= 11 is 0. The molecule has 0 aromatic rings. The minimum Gasteiger partial charge on any atom is -0.374 e. The van der Waals surface area contributed by atoms with Crippen LogP contribution in [-0.2, 0) is 0 Å². The van der Waals surface area contributed by atoms with Crippen LogP contribution in [0, 0.1) is 5.41 Å². The van der Waals surface area contributed by atoms with Crippen LogP contribution in [0.3, 0.4) is 0 Å². The average Bonchev–Trinajstić information content (AvgIpc) is 3.01. The van der Waals surface area contributed by atoms with Gasteiger partial charge in [0.2, 0.25) is 0 Å². The predicted octanol–water partition coefficient (Wildman–Crippen LogP) is 4.70. The van der Waals surface area contributed by atoms with Crippen LogP contribution in [-0.4, -0.2) is 17.5 Å². The molecule has 100 valence electrons. The van der Waals surface area contributed by atoms with E-state index in [9.17, 15) is 0 Å². The van der Waals surface area contributed by atoms with Crippen LogP contribution < -0.4 is 0 Å². The summed E-state index contributed by atoms with van der Waals surface area (Å²) in [5.74, 6) is 0. The van der Waals surface area contributed by atoms with Crippen molar-refractivity contribution in [3.8, 4) is 0 Å². The standard InChI is InChI=1S/C17H27N/c1-7-10-11-15(4)12-13-18(6)17(9-3)14-16(17,5)8-2/h7-8,10-13H,2,9,14H2,1,3-6H3/b10-7-,13-12-,15-11-. The fraction of sp³-hybridized carbons (Fsp3) is 0.529. The molecule has 1 rings (SSSR count). The van der Waals surface area contributed by atoms with Gasteiger partial charge in [0.25, 0.3) is 0 Å². The van der Waals surface area contributed by atoms with Crippen molar-refractivity contribution in [3.05, 3.63) is 48.7 Å². The van der Waals surface area contributed by atoms with Crippen LogP contribution in [0.15, 0.2) is 48.7 Å². The molecule has 2 atom stereocenters. The summed E-state index contributed by atoms with van der Waals surface area (Å²) in [5.41, 5.74) is 1.81. The van der Waals surface area contributed by atoms with Gasteiger partial charge in [0.15, 0.2) is 0 Å². The Morgan fingerprint density at radius 1 is 1.44 bits per heavy atom. The van der Waals surface area contributed by atoms with Crippen molar-refractivity contribution in [2.45, 2.75) is 46.1 Å². The summed E-state index contributed by atoms with van der Waals surface area (Å²) in [6.45, 7) is 12.7. The van der Waals surface area contributed by atoms with E-state index in [0.29, 0.717) is 0 Å². The van der Waals surface area contributed by atoms with E-state index in [2.05, 4.69) is 69.8 Å². The molecule has 2 unspecified atom stereocenters. The lowest BCUT2D eigenvalue weighted by Gasteiger charge is -2.30. The van der Waals surface area contributed by atoms with Gasteiger partial charge in [-0.25, -0.2) is 0 Å². The molecule has 0 aliphatic heterocycles. The van der Waals surface area contributed by atoms with Crippen molar-refractivity contribution in [2.24, 2.45) is 5.41 Å². The van der Waals surface area contributed by atoms with Gasteiger partial charge in [-0.15, -0.1) is 6.58 Å². The van der Waals surface area contributed by atoms with Gasteiger partial charge < -0.3 is 4.90 Å². The summed E-state index contributed by atoms with van der Waals surface area (Å²) in [5, 5.41) is 0. The van der Waals surface area contributed by atoms with Gasteiger partial charge in [-0.3, -0.25) is 0 Å². The highest BCUT2D eigenvalue weighted by Gasteiger charge is 2.63. The Bertz CT molecular complexity index is 388. The molecule has 0 aromatic carbocycles. The maximum atomic E-state index is 3.98. The molecule has 1 aliphatic rings. The Morgan fingerprint density at radius 2 is 2.11 bits per heavy atom. The molecular weight excluding hydrogens is 218 g/mol. The summed E-state index contributed by atoms with van der Waals surface area (Å²) in [4.78, 5) is 2.36. The van der Waals surface area contributed by atoms with Gasteiger partial charge >= 0.3 is 0 Å². The lowest BCUT2D eigenvalue weighted by atomic mass is 9.99. The van der Waals surface area contributed by atoms with Crippen LogP contribution >= 0.6 is 0 Å². The van der Waals surface area contributed by atoms with Gasteiger partial charge in [0.05, 0.1) is 0 Å². The molecule has 0 amide bonds. The molecule has 18 heavy (non-hydrogen) atoms. The monoisotopic (exact) mass is 245 g/mol. The third kappa shape index (κ3) is 2.60. The number of rotatable bonds is 6. The summed E-state index contributed by atoms with van der Waals surface area (Å²) in [7, 11) is 2.18. The molecule has 1 fully saturated rings. The Labute approximate surface area is 113 Å². The minimum atomic E-state index is 0.266. The van der Waals surface area contributed by atoms with Crippen molar-refractivity contribution in [1.29, 1.82) is 0 Å². The van der Waals surface area contributed by atoms with E-state index >= 15 is 0 Å². The fourth-order valence-corrected chi connectivity index (χ4v) is 2.81. The zero-order valence-corrected chi connectivity index (χ0v) is 12.5. The second kappa shape index (κ2) is 5.60. The van der Waals surface area contributed by atoms with Crippen molar-refractivity contribution >= 4 is 0 Å². The van der Waals surface area contributed by atoms with E-state index in [0.717, 1.165) is 6.42 Å². The molecule has 1 heteroatoms. The van der Waals surface area contributed by atoms with Crippen LogP contribution in [0.1, 0.15) is 40.5 Å². The van der Waals surface area contributed by atoms with Crippen molar-refractivity contribution < 1.29 is 0 Å². The Morgan fingerprint density at radius 3 is 2.56 bits per heavy atom. The quantitative estimate of drug-likeness (QED) is 0.484. The first kappa shape index (κ1) is 14.8. The van der Waals surface area contributed by atoms with Crippen molar-refractivity contribution in [2.75, 3.05) is 7.05 Å². The molecule has 0 saturated heterocycles. The average molecular weight is 245 g/mol. The van der Waals surface area contributed by atoms with E-state index in [1.54, 1.807) is 0 Å². The molecular formula is C17H27N. The highest BCUT2D eigenvalue weighted by atomic mass is 15.2. The van der Waals surface area contributed by atoms with Crippen molar-refractivity contribution in [3.63, 3.8) is 0 Å². The molecule has 0 heterocycles. The van der Waals surface area contributed by atoms with E-state index in [-0.39, 0.29) is 11.0 Å². The molecule has 0 radical (unpaired) electrons. The number of hydrogen-bond acceptors (Lipinski definition) is 1. The molecule has 0 spiro atoms. The van der Waals surface area contributed by atoms with Gasteiger partial charge in [-0.2, -0.15) is 0 Å². The largest absolute Gasteiger partial charge is 0.374 e. The SMILES string of the molecule is C=CC1(C)CC1(CC)N(C)\C=C/C(C)=C\C=C/C. The third-order valence-corrected chi connectivity index (χ3v) is 4.42. The Kier molecular flexibility index (Phi) is 4.61. The molecule has 1 saturated carbocycles. The highest BCUT2D eigenvalue weighted by Crippen LogP contribution is 2.62. The maximum absolute atomic E-state index is 3.98. The first-order valence-corrected chi connectivity index (χ1v) is 6.80. The van der Waals surface area contributed by atoms with Gasteiger partial charge in [-0.1, -0.05) is 38.2 Å². The molecule has 0 N–H and O–H groups in total. The van der Waals surface area contributed by atoms with Gasteiger partial charge in [-0.05, 0) is 44.5 Å². The number of hydrogen-bond donors (Lipinski definition) is 0. The fourth-order valence-electron chi connectivity index (χ4n) is 2.81. The van der Waals surface area contributed by atoms with Crippen LogP contribution in [0.25, 0.3) is 0 Å². The third-order valence-electron chi connectivity index (χ3n) is 4.42. The zero-order chi connectivity index (χ0) is 13.8. The highest BCUT2D eigenvalue weighted by molar-refractivity contribution is 5.28. The van der Waals surface area contributed by atoms with Gasteiger partial charge in [0.1, 0.15) is 0 Å². The minimum absolute atomic E-state index is 0.266. The first-order chi connectivity index (χ1) is 8.45. The normalized spacial score (nSPS) is 32.2. The lowest BCUT2D eigenvalue weighted by Crippen LogP contribution is -2.33. The smallest absolute Gasteiger partial charge is 0.0488 e. The van der Waals surface area contributed by atoms with Crippen LogP contribution in [0.2, 0.25) is 0 Å². The van der Waals surface area contributed by atoms with E-state index in [1.165, 1.54) is 12.0 Å². The predicted molar refractivity (Wildman–Crippen MR) is 81.4 cm³/mol.